The quantitative estimate of drug-likeness (QED) is 0.710. The van der Waals surface area contributed by atoms with E-state index in [2.05, 4.69) is 20.5 Å². The van der Waals surface area contributed by atoms with E-state index in [4.69, 9.17) is 0 Å². The lowest BCUT2D eigenvalue weighted by molar-refractivity contribution is 0.510. The van der Waals surface area contributed by atoms with Crippen LogP contribution in [0.1, 0.15) is 0 Å². The first-order chi connectivity index (χ1) is 9.08. The first-order valence-corrected chi connectivity index (χ1v) is 5.31. The zero-order valence-electron chi connectivity index (χ0n) is 9.69. The summed E-state index contributed by atoms with van der Waals surface area (Å²) < 4.78 is 27.6. The van der Waals surface area contributed by atoms with Crippen molar-refractivity contribution in [1.29, 1.82) is 0 Å². The third-order valence-electron chi connectivity index (χ3n) is 2.78. The van der Waals surface area contributed by atoms with Crippen molar-refractivity contribution in [3.05, 3.63) is 40.2 Å². The molecule has 0 unspecified atom stereocenters. The highest BCUT2D eigenvalue weighted by atomic mass is 19.2. The van der Waals surface area contributed by atoms with E-state index in [-0.39, 0.29) is 22.3 Å². The van der Waals surface area contributed by atoms with Gasteiger partial charge in [-0.1, -0.05) is 0 Å². The van der Waals surface area contributed by atoms with Gasteiger partial charge in [0.15, 0.2) is 17.5 Å². The van der Waals surface area contributed by atoms with Crippen LogP contribution in [-0.4, -0.2) is 25.2 Å². The molecule has 0 saturated carbocycles. The van der Waals surface area contributed by atoms with E-state index in [0.29, 0.717) is 0 Å². The van der Waals surface area contributed by atoms with Gasteiger partial charge in [-0.3, -0.25) is 4.79 Å². The van der Waals surface area contributed by atoms with Gasteiger partial charge in [-0.2, -0.15) is 0 Å². The number of aromatic nitrogens is 5. The molecule has 3 aromatic rings. The Morgan fingerprint density at radius 1 is 1.26 bits per heavy atom. The van der Waals surface area contributed by atoms with Crippen LogP contribution in [0.4, 0.5) is 8.78 Å². The number of aryl methyl sites for hydroxylation is 1. The molecule has 0 fully saturated rings. The van der Waals surface area contributed by atoms with Crippen molar-refractivity contribution in [3.63, 3.8) is 0 Å². The highest BCUT2D eigenvalue weighted by molar-refractivity contribution is 5.82. The maximum absolute atomic E-state index is 13.2. The monoisotopic (exact) mass is 263 g/mol. The Labute approximate surface area is 104 Å². The fraction of sp³-hybridized carbons (Fsp3) is 0.0909. The van der Waals surface area contributed by atoms with Gasteiger partial charge in [0.05, 0.1) is 11.1 Å². The SMILES string of the molecule is Cn1nnnc1-c1c[nH]c2cc(F)c(F)cc2c1=O. The smallest absolute Gasteiger partial charge is 0.200 e. The Morgan fingerprint density at radius 3 is 2.68 bits per heavy atom. The Morgan fingerprint density at radius 2 is 2.00 bits per heavy atom. The van der Waals surface area contributed by atoms with Crippen LogP contribution in [0.25, 0.3) is 22.3 Å². The number of pyridine rings is 1. The van der Waals surface area contributed by atoms with Gasteiger partial charge < -0.3 is 4.98 Å². The maximum Gasteiger partial charge on any atom is 0.200 e. The maximum atomic E-state index is 13.2. The number of rotatable bonds is 1. The molecule has 0 bridgehead atoms. The predicted molar refractivity (Wildman–Crippen MR) is 62.3 cm³/mol. The van der Waals surface area contributed by atoms with E-state index in [1.54, 1.807) is 7.05 Å². The summed E-state index contributed by atoms with van der Waals surface area (Å²) in [5, 5.41) is 10.8. The van der Waals surface area contributed by atoms with Gasteiger partial charge in [0, 0.05) is 24.7 Å². The number of tetrazole rings is 1. The van der Waals surface area contributed by atoms with Crippen LogP contribution < -0.4 is 5.43 Å². The van der Waals surface area contributed by atoms with E-state index >= 15 is 0 Å². The molecule has 0 saturated heterocycles. The summed E-state index contributed by atoms with van der Waals surface area (Å²) in [6.07, 6.45) is 1.37. The fourth-order valence-corrected chi connectivity index (χ4v) is 1.84. The molecule has 0 amide bonds. The Bertz CT molecular complexity index is 839. The zero-order valence-corrected chi connectivity index (χ0v) is 9.69. The lowest BCUT2D eigenvalue weighted by atomic mass is 10.1. The molecule has 0 atom stereocenters. The second-order valence-electron chi connectivity index (χ2n) is 3.97. The third-order valence-corrected chi connectivity index (χ3v) is 2.78. The molecule has 0 spiro atoms. The molecule has 0 aliphatic heterocycles. The van der Waals surface area contributed by atoms with E-state index in [1.807, 2.05) is 0 Å². The van der Waals surface area contributed by atoms with E-state index < -0.39 is 17.1 Å². The average Bonchev–Trinajstić information content (AvgIpc) is 2.79. The van der Waals surface area contributed by atoms with Gasteiger partial charge in [0.2, 0.25) is 5.43 Å². The van der Waals surface area contributed by atoms with Crippen LogP contribution in [0, 0.1) is 11.6 Å². The molecule has 96 valence electrons. The fourth-order valence-electron chi connectivity index (χ4n) is 1.84. The molecule has 3 rings (SSSR count). The predicted octanol–water partition coefficient (Wildman–Crippen LogP) is 0.997. The number of halogens is 2. The summed E-state index contributed by atoms with van der Waals surface area (Å²) in [6.45, 7) is 0. The van der Waals surface area contributed by atoms with Crippen LogP contribution >= 0.6 is 0 Å². The number of nitrogens with zero attached hydrogens (tertiary/aromatic N) is 4. The molecule has 6 nitrogen and oxygen atoms in total. The number of fused-ring (bicyclic) bond motifs is 1. The molecule has 2 aromatic heterocycles. The van der Waals surface area contributed by atoms with Gasteiger partial charge in [-0.05, 0) is 16.5 Å². The summed E-state index contributed by atoms with van der Waals surface area (Å²) in [5.41, 5.74) is -0.0701. The summed E-state index contributed by atoms with van der Waals surface area (Å²) in [6, 6.07) is 1.79. The highest BCUT2D eigenvalue weighted by Crippen LogP contribution is 2.17. The Kier molecular flexibility index (Phi) is 2.37. The number of hydrogen-bond acceptors (Lipinski definition) is 4. The lowest BCUT2D eigenvalue weighted by Gasteiger charge is -2.02. The van der Waals surface area contributed by atoms with E-state index in [0.717, 1.165) is 12.1 Å². The van der Waals surface area contributed by atoms with Crippen LogP contribution in [0.5, 0.6) is 0 Å². The minimum Gasteiger partial charge on any atom is -0.360 e. The molecule has 0 aliphatic carbocycles. The summed E-state index contributed by atoms with van der Waals surface area (Å²) in [4.78, 5) is 15.0. The summed E-state index contributed by atoms with van der Waals surface area (Å²) in [7, 11) is 1.57. The summed E-state index contributed by atoms with van der Waals surface area (Å²) >= 11 is 0. The molecule has 8 heteroatoms. The van der Waals surface area contributed by atoms with Crippen molar-refractivity contribution in [3.8, 4) is 11.4 Å². The number of nitrogens with one attached hydrogen (secondary N) is 1. The van der Waals surface area contributed by atoms with Crippen LogP contribution in [-0.2, 0) is 7.05 Å². The minimum atomic E-state index is -1.08. The first kappa shape index (κ1) is 11.5. The Hall–Kier alpha value is -2.64. The van der Waals surface area contributed by atoms with Gasteiger partial charge in [-0.15, -0.1) is 5.10 Å². The molecular formula is C11H7F2N5O. The van der Waals surface area contributed by atoms with Gasteiger partial charge >= 0.3 is 0 Å². The average molecular weight is 263 g/mol. The van der Waals surface area contributed by atoms with Crippen molar-refractivity contribution in [1.82, 2.24) is 25.2 Å². The van der Waals surface area contributed by atoms with Gasteiger partial charge in [0.1, 0.15) is 0 Å². The van der Waals surface area contributed by atoms with Gasteiger partial charge in [0.25, 0.3) is 0 Å². The molecular weight excluding hydrogens is 256 g/mol. The van der Waals surface area contributed by atoms with Crippen molar-refractivity contribution >= 4 is 10.9 Å². The second kappa shape index (κ2) is 3.94. The van der Waals surface area contributed by atoms with Crippen LogP contribution in [0.15, 0.2) is 23.1 Å². The van der Waals surface area contributed by atoms with Crippen molar-refractivity contribution in [2.75, 3.05) is 0 Å². The van der Waals surface area contributed by atoms with Crippen LogP contribution in [0.3, 0.4) is 0 Å². The largest absolute Gasteiger partial charge is 0.360 e. The van der Waals surface area contributed by atoms with E-state index in [1.165, 1.54) is 10.9 Å². The molecule has 0 aliphatic rings. The first-order valence-electron chi connectivity index (χ1n) is 5.31. The number of hydrogen-bond donors (Lipinski definition) is 1. The molecule has 2 heterocycles. The number of H-pyrrole nitrogens is 1. The summed E-state index contributed by atoms with van der Waals surface area (Å²) in [5.74, 6) is -1.85. The molecule has 0 radical (unpaired) electrons. The lowest BCUT2D eigenvalue weighted by Crippen LogP contribution is -2.10. The van der Waals surface area contributed by atoms with E-state index in [9.17, 15) is 13.6 Å². The van der Waals surface area contributed by atoms with Gasteiger partial charge in [-0.25, -0.2) is 13.5 Å². The van der Waals surface area contributed by atoms with Crippen molar-refractivity contribution < 1.29 is 8.78 Å². The third kappa shape index (κ3) is 1.68. The van der Waals surface area contributed by atoms with Crippen LogP contribution in [0.2, 0.25) is 0 Å². The standard InChI is InChI=1S/C11H7F2N5O/c1-18-11(15-16-17-18)6-4-14-9-3-8(13)7(12)2-5(9)10(6)19/h2-4H,1H3,(H,14,19). The van der Waals surface area contributed by atoms with Crippen molar-refractivity contribution in [2.24, 2.45) is 7.05 Å². The normalized spacial score (nSPS) is 11.1. The molecule has 1 aromatic carbocycles. The molecule has 1 N–H and O–H groups in total. The number of aromatic amines is 1. The topological polar surface area (TPSA) is 76.5 Å². The zero-order chi connectivity index (χ0) is 13.6. The number of benzene rings is 1. The minimum absolute atomic E-state index is 0.0411. The van der Waals surface area contributed by atoms with Crippen molar-refractivity contribution in [2.45, 2.75) is 0 Å². The highest BCUT2D eigenvalue weighted by Gasteiger charge is 2.14. The Balaban J connectivity index is 2.36. The second-order valence-corrected chi connectivity index (χ2v) is 3.97. The molecule has 19 heavy (non-hydrogen) atoms.